The van der Waals surface area contributed by atoms with E-state index in [1.165, 1.54) is 6.07 Å². The van der Waals surface area contributed by atoms with E-state index in [-0.39, 0.29) is 28.6 Å². The Morgan fingerprint density at radius 1 is 1.54 bits per heavy atom. The van der Waals surface area contributed by atoms with Crippen LogP contribution in [-0.2, 0) is 0 Å². The van der Waals surface area contributed by atoms with Crippen molar-refractivity contribution in [3.05, 3.63) is 29.6 Å². The normalized spacial score (nSPS) is 11.9. The summed E-state index contributed by atoms with van der Waals surface area (Å²) in [7, 11) is 0. The van der Waals surface area contributed by atoms with Crippen LogP contribution in [0.25, 0.3) is 0 Å². The zero-order chi connectivity index (χ0) is 9.14. The van der Waals surface area contributed by atoms with Gasteiger partial charge in [-0.3, -0.25) is 0 Å². The molecule has 13 heavy (non-hydrogen) atoms. The molecule has 1 aromatic carbocycles. The van der Waals surface area contributed by atoms with Gasteiger partial charge in [0.2, 0.25) is 0 Å². The maximum absolute atomic E-state index is 13.1. The van der Waals surface area contributed by atoms with E-state index in [1.54, 1.807) is 6.07 Å². The zero-order valence-electron chi connectivity index (χ0n) is 7.33. The quantitative estimate of drug-likeness (QED) is 0.844. The van der Waals surface area contributed by atoms with Crippen LogP contribution in [0, 0.1) is 5.82 Å². The fourth-order valence-corrected chi connectivity index (χ4v) is 1.04. The van der Waals surface area contributed by atoms with Crippen LogP contribution in [0.2, 0.25) is 0 Å². The predicted molar refractivity (Wildman–Crippen MR) is 55.9 cm³/mol. The highest BCUT2D eigenvalue weighted by molar-refractivity contribution is 8.93. The predicted octanol–water partition coefficient (Wildman–Crippen LogP) is 2.17. The largest absolute Gasteiger partial charge is 0.508 e. The molecule has 0 heterocycles. The van der Waals surface area contributed by atoms with E-state index >= 15 is 0 Å². The summed E-state index contributed by atoms with van der Waals surface area (Å²) in [5.41, 5.74) is 5.93. The summed E-state index contributed by atoms with van der Waals surface area (Å²) >= 11 is 0. The molecule has 0 aliphatic heterocycles. The third-order valence-corrected chi connectivity index (χ3v) is 1.87. The average Bonchev–Trinajstić information content (AvgIpc) is 2.03. The molecule has 3 N–H and O–H groups in total. The van der Waals surface area contributed by atoms with Crippen LogP contribution in [0.1, 0.15) is 18.4 Å². The number of benzene rings is 1. The molecule has 0 saturated heterocycles. The summed E-state index contributed by atoms with van der Waals surface area (Å²) in [5.74, 6) is -0.459. The summed E-state index contributed by atoms with van der Waals surface area (Å²) in [6, 6.07) is 4.12. The fraction of sp³-hybridized carbons (Fsp3) is 0.333. The first-order chi connectivity index (χ1) is 5.65. The molecule has 0 amide bonds. The van der Waals surface area contributed by atoms with Gasteiger partial charge in [-0.1, -0.05) is 13.0 Å². The monoisotopic (exact) mass is 249 g/mol. The minimum Gasteiger partial charge on any atom is -0.508 e. The number of halogens is 2. The molecule has 0 aromatic heterocycles. The topological polar surface area (TPSA) is 46.2 Å². The van der Waals surface area contributed by atoms with Crippen molar-refractivity contribution in [2.45, 2.75) is 12.8 Å². The summed E-state index contributed by atoms with van der Waals surface area (Å²) in [6.07, 6.45) is 0. The van der Waals surface area contributed by atoms with Crippen molar-refractivity contribution in [2.24, 2.45) is 5.73 Å². The molecule has 0 fully saturated rings. The van der Waals surface area contributed by atoms with Crippen LogP contribution in [0.3, 0.4) is 0 Å². The van der Waals surface area contributed by atoms with Gasteiger partial charge in [0.25, 0.3) is 0 Å². The Hall–Kier alpha value is -0.610. The second-order valence-electron chi connectivity index (χ2n) is 2.84. The summed E-state index contributed by atoms with van der Waals surface area (Å²) in [6.45, 7) is 2.25. The number of phenols is 1. The molecule has 0 aliphatic carbocycles. The van der Waals surface area contributed by atoms with Crippen molar-refractivity contribution >= 4 is 17.0 Å². The minimum atomic E-state index is -0.395. The number of hydrogen-bond donors (Lipinski definition) is 2. The Morgan fingerprint density at radius 3 is 2.62 bits per heavy atom. The number of hydrogen-bond acceptors (Lipinski definition) is 2. The van der Waals surface area contributed by atoms with Crippen molar-refractivity contribution in [1.29, 1.82) is 0 Å². The number of phenolic OH excluding ortho intramolecular Hbond substituents is 1. The lowest BCUT2D eigenvalue weighted by Crippen LogP contribution is -2.10. The molecule has 4 heteroatoms. The van der Waals surface area contributed by atoms with Crippen molar-refractivity contribution < 1.29 is 9.50 Å². The van der Waals surface area contributed by atoms with E-state index in [1.807, 2.05) is 6.92 Å². The van der Waals surface area contributed by atoms with Gasteiger partial charge in [-0.05, 0) is 24.1 Å². The van der Waals surface area contributed by atoms with Gasteiger partial charge in [-0.25, -0.2) is 4.39 Å². The van der Waals surface area contributed by atoms with Gasteiger partial charge in [0, 0.05) is 6.07 Å². The molecular weight excluding hydrogens is 237 g/mol. The Kier molecular flexibility index (Phi) is 4.95. The van der Waals surface area contributed by atoms with Gasteiger partial charge < -0.3 is 10.8 Å². The molecular formula is C9H13BrFNO. The molecule has 74 valence electrons. The Labute approximate surface area is 87.3 Å². The first-order valence-corrected chi connectivity index (χ1v) is 3.83. The Balaban J connectivity index is 0.00000144. The third kappa shape index (κ3) is 2.97. The standard InChI is InChI=1S/C9H12FNO.BrH/c1-6(5-11)8-3-2-7(12)4-9(8)10;/h2-4,6,12H,5,11H2,1H3;1H. The van der Waals surface area contributed by atoms with Crippen LogP contribution in [-0.4, -0.2) is 11.7 Å². The van der Waals surface area contributed by atoms with Gasteiger partial charge >= 0.3 is 0 Å². The molecule has 0 radical (unpaired) electrons. The number of aromatic hydroxyl groups is 1. The Morgan fingerprint density at radius 2 is 2.15 bits per heavy atom. The van der Waals surface area contributed by atoms with E-state index in [2.05, 4.69) is 0 Å². The fourth-order valence-electron chi connectivity index (χ4n) is 1.04. The van der Waals surface area contributed by atoms with Crippen LogP contribution < -0.4 is 5.73 Å². The molecule has 2 nitrogen and oxygen atoms in total. The maximum Gasteiger partial charge on any atom is 0.130 e. The van der Waals surface area contributed by atoms with Crippen LogP contribution in [0.5, 0.6) is 5.75 Å². The molecule has 0 spiro atoms. The van der Waals surface area contributed by atoms with Gasteiger partial charge in [0.05, 0.1) is 0 Å². The van der Waals surface area contributed by atoms with E-state index in [4.69, 9.17) is 10.8 Å². The lowest BCUT2D eigenvalue weighted by molar-refractivity contribution is 0.467. The maximum atomic E-state index is 13.1. The summed E-state index contributed by atoms with van der Waals surface area (Å²) < 4.78 is 13.1. The zero-order valence-corrected chi connectivity index (χ0v) is 9.04. The van der Waals surface area contributed by atoms with Crippen molar-refractivity contribution in [2.75, 3.05) is 6.54 Å². The van der Waals surface area contributed by atoms with Crippen molar-refractivity contribution in [1.82, 2.24) is 0 Å². The minimum absolute atomic E-state index is 0. The summed E-state index contributed by atoms with van der Waals surface area (Å²) in [4.78, 5) is 0. The molecule has 0 saturated carbocycles. The van der Waals surface area contributed by atoms with E-state index < -0.39 is 5.82 Å². The van der Waals surface area contributed by atoms with Gasteiger partial charge in [0.15, 0.2) is 0 Å². The van der Waals surface area contributed by atoms with Crippen molar-refractivity contribution in [3.63, 3.8) is 0 Å². The lowest BCUT2D eigenvalue weighted by atomic mass is 10.0. The molecule has 1 atom stereocenters. The molecule has 1 aromatic rings. The highest BCUT2D eigenvalue weighted by atomic mass is 79.9. The highest BCUT2D eigenvalue weighted by Gasteiger charge is 2.08. The van der Waals surface area contributed by atoms with Crippen LogP contribution in [0.15, 0.2) is 18.2 Å². The smallest absolute Gasteiger partial charge is 0.130 e. The SMILES string of the molecule is Br.CC(CN)c1ccc(O)cc1F. The molecule has 1 rings (SSSR count). The molecule has 0 bridgehead atoms. The Bertz CT molecular complexity index is 280. The number of nitrogens with two attached hydrogens (primary N) is 1. The molecule has 0 aliphatic rings. The van der Waals surface area contributed by atoms with Crippen molar-refractivity contribution in [3.8, 4) is 5.75 Å². The lowest BCUT2D eigenvalue weighted by Gasteiger charge is -2.09. The van der Waals surface area contributed by atoms with Gasteiger partial charge in [0.1, 0.15) is 11.6 Å². The first-order valence-electron chi connectivity index (χ1n) is 3.83. The summed E-state index contributed by atoms with van der Waals surface area (Å²) in [5, 5.41) is 8.92. The van der Waals surface area contributed by atoms with Crippen LogP contribution in [0.4, 0.5) is 4.39 Å². The van der Waals surface area contributed by atoms with E-state index in [9.17, 15) is 4.39 Å². The van der Waals surface area contributed by atoms with Gasteiger partial charge in [-0.2, -0.15) is 0 Å². The van der Waals surface area contributed by atoms with E-state index in [0.717, 1.165) is 6.07 Å². The van der Waals surface area contributed by atoms with E-state index in [0.29, 0.717) is 12.1 Å². The highest BCUT2D eigenvalue weighted by Crippen LogP contribution is 2.21. The number of rotatable bonds is 2. The molecule has 1 unspecified atom stereocenters. The third-order valence-electron chi connectivity index (χ3n) is 1.87. The average molecular weight is 250 g/mol. The first kappa shape index (κ1) is 12.4. The van der Waals surface area contributed by atoms with Gasteiger partial charge in [-0.15, -0.1) is 17.0 Å². The second kappa shape index (κ2) is 5.19. The second-order valence-corrected chi connectivity index (χ2v) is 2.84. The van der Waals surface area contributed by atoms with Crippen LogP contribution >= 0.6 is 17.0 Å².